The number of benzene rings is 1. The molecule has 0 bridgehead atoms. The summed E-state index contributed by atoms with van der Waals surface area (Å²) in [6, 6.07) is 10.1. The highest BCUT2D eigenvalue weighted by Gasteiger charge is 2.27. The topological polar surface area (TPSA) is 49.4 Å². The van der Waals surface area contributed by atoms with Crippen molar-refractivity contribution in [1.29, 1.82) is 0 Å². The molecule has 21 heavy (non-hydrogen) atoms. The molecule has 1 N–H and O–H groups in total. The van der Waals surface area contributed by atoms with Crippen LogP contribution in [-0.2, 0) is 10.2 Å². The Balaban J connectivity index is 1.97. The SMILES string of the molecule is CC[C@@H](CNS(=O)(=O)N1CCC[C@H](C)C1)c1ccccc1. The standard InChI is InChI=1S/C16H26N2O2S/c1-3-15(16-9-5-4-6-10-16)12-17-21(19,20)18-11-7-8-14(2)13-18/h4-6,9-10,14-15,17H,3,7-8,11-13H2,1-2H3/t14-,15-/m0/s1. The first-order valence-electron chi connectivity index (χ1n) is 7.82. The van der Waals surface area contributed by atoms with Gasteiger partial charge in [0.1, 0.15) is 0 Å². The average Bonchev–Trinajstić information content (AvgIpc) is 2.49. The number of piperidine rings is 1. The second-order valence-corrected chi connectivity index (χ2v) is 7.73. The van der Waals surface area contributed by atoms with Crippen LogP contribution in [0.5, 0.6) is 0 Å². The molecule has 1 heterocycles. The van der Waals surface area contributed by atoms with Crippen LogP contribution >= 0.6 is 0 Å². The van der Waals surface area contributed by atoms with E-state index in [1.807, 2.05) is 18.2 Å². The van der Waals surface area contributed by atoms with Gasteiger partial charge in [0.05, 0.1) is 0 Å². The van der Waals surface area contributed by atoms with Gasteiger partial charge in [-0.2, -0.15) is 12.7 Å². The van der Waals surface area contributed by atoms with Gasteiger partial charge in [-0.15, -0.1) is 0 Å². The molecule has 4 nitrogen and oxygen atoms in total. The third-order valence-corrected chi connectivity index (χ3v) is 5.78. The van der Waals surface area contributed by atoms with E-state index in [2.05, 4.69) is 30.7 Å². The van der Waals surface area contributed by atoms with E-state index in [1.54, 1.807) is 4.31 Å². The Kier molecular flexibility index (Phi) is 5.79. The zero-order valence-corrected chi connectivity index (χ0v) is 13.8. The Morgan fingerprint density at radius 2 is 2.05 bits per heavy atom. The predicted molar refractivity (Wildman–Crippen MR) is 86.4 cm³/mol. The smallest absolute Gasteiger partial charge is 0.202 e. The maximum atomic E-state index is 12.4. The van der Waals surface area contributed by atoms with Crippen molar-refractivity contribution in [1.82, 2.24) is 9.03 Å². The summed E-state index contributed by atoms with van der Waals surface area (Å²) in [4.78, 5) is 0. The Morgan fingerprint density at radius 3 is 2.67 bits per heavy atom. The van der Waals surface area contributed by atoms with Gasteiger partial charge in [-0.1, -0.05) is 44.2 Å². The molecule has 1 aliphatic rings. The second-order valence-electron chi connectivity index (χ2n) is 5.97. The number of rotatable bonds is 6. The van der Waals surface area contributed by atoms with Crippen LogP contribution in [0.15, 0.2) is 30.3 Å². The number of hydrogen-bond acceptors (Lipinski definition) is 2. The fraction of sp³-hybridized carbons (Fsp3) is 0.625. The maximum absolute atomic E-state index is 12.4. The van der Waals surface area contributed by atoms with Crippen LogP contribution in [0.3, 0.4) is 0 Å². The van der Waals surface area contributed by atoms with E-state index in [-0.39, 0.29) is 5.92 Å². The summed E-state index contributed by atoms with van der Waals surface area (Å²) < 4.78 is 29.2. The molecule has 0 amide bonds. The molecule has 0 unspecified atom stereocenters. The first-order chi connectivity index (χ1) is 10.0. The van der Waals surface area contributed by atoms with Crippen molar-refractivity contribution in [3.8, 4) is 0 Å². The number of nitrogens with one attached hydrogen (secondary N) is 1. The van der Waals surface area contributed by atoms with Crippen molar-refractivity contribution in [2.45, 2.75) is 39.0 Å². The minimum Gasteiger partial charge on any atom is -0.202 e. The van der Waals surface area contributed by atoms with E-state index in [1.165, 1.54) is 5.56 Å². The van der Waals surface area contributed by atoms with Gasteiger partial charge in [0.15, 0.2) is 0 Å². The zero-order chi connectivity index (χ0) is 15.3. The molecule has 2 rings (SSSR count). The average molecular weight is 310 g/mol. The molecule has 0 aromatic heterocycles. The molecule has 0 saturated carbocycles. The molecular weight excluding hydrogens is 284 g/mol. The van der Waals surface area contributed by atoms with Crippen molar-refractivity contribution in [3.05, 3.63) is 35.9 Å². The van der Waals surface area contributed by atoms with Gasteiger partial charge < -0.3 is 0 Å². The summed E-state index contributed by atoms with van der Waals surface area (Å²) in [6.07, 6.45) is 2.99. The number of nitrogens with zero attached hydrogens (tertiary/aromatic N) is 1. The summed E-state index contributed by atoms with van der Waals surface area (Å²) in [5.41, 5.74) is 1.19. The Labute approximate surface area is 128 Å². The largest absolute Gasteiger partial charge is 0.279 e. The van der Waals surface area contributed by atoms with Crippen LogP contribution in [0.4, 0.5) is 0 Å². The molecule has 1 aromatic carbocycles. The maximum Gasteiger partial charge on any atom is 0.279 e. The van der Waals surface area contributed by atoms with E-state index in [0.29, 0.717) is 25.6 Å². The van der Waals surface area contributed by atoms with E-state index in [0.717, 1.165) is 19.3 Å². The van der Waals surface area contributed by atoms with Gasteiger partial charge >= 0.3 is 0 Å². The third kappa shape index (κ3) is 4.53. The van der Waals surface area contributed by atoms with Crippen molar-refractivity contribution < 1.29 is 8.42 Å². The lowest BCUT2D eigenvalue weighted by atomic mass is 9.97. The van der Waals surface area contributed by atoms with Gasteiger partial charge in [0.25, 0.3) is 10.2 Å². The predicted octanol–water partition coefficient (Wildman–Crippen LogP) is 2.75. The van der Waals surface area contributed by atoms with Crippen LogP contribution in [0.25, 0.3) is 0 Å². The molecule has 118 valence electrons. The summed E-state index contributed by atoms with van der Waals surface area (Å²) in [5, 5.41) is 0. The Bertz CT molecular complexity index is 530. The van der Waals surface area contributed by atoms with Crippen LogP contribution < -0.4 is 4.72 Å². The Hall–Kier alpha value is -0.910. The molecule has 2 atom stereocenters. The molecule has 1 fully saturated rings. The normalized spacial score (nSPS) is 22.1. The molecule has 5 heteroatoms. The van der Waals surface area contributed by atoms with Crippen molar-refractivity contribution in [3.63, 3.8) is 0 Å². The fourth-order valence-electron chi connectivity index (χ4n) is 2.88. The molecule has 1 saturated heterocycles. The molecular formula is C16H26N2O2S. The van der Waals surface area contributed by atoms with Crippen molar-refractivity contribution in [2.75, 3.05) is 19.6 Å². The molecule has 1 aliphatic heterocycles. The zero-order valence-electron chi connectivity index (χ0n) is 13.0. The molecule has 0 aliphatic carbocycles. The van der Waals surface area contributed by atoms with Gasteiger partial charge in [-0.3, -0.25) is 0 Å². The second kappa shape index (κ2) is 7.38. The lowest BCUT2D eigenvalue weighted by Gasteiger charge is -2.30. The number of hydrogen-bond donors (Lipinski definition) is 1. The highest BCUT2D eigenvalue weighted by molar-refractivity contribution is 7.87. The van der Waals surface area contributed by atoms with Crippen molar-refractivity contribution in [2.24, 2.45) is 5.92 Å². The van der Waals surface area contributed by atoms with Gasteiger partial charge in [-0.05, 0) is 36.7 Å². The van der Waals surface area contributed by atoms with Crippen LogP contribution in [0, 0.1) is 5.92 Å². The molecule has 0 radical (unpaired) electrons. The third-order valence-electron chi connectivity index (χ3n) is 4.24. The van der Waals surface area contributed by atoms with Crippen LogP contribution in [0.1, 0.15) is 44.6 Å². The van der Waals surface area contributed by atoms with E-state index in [4.69, 9.17) is 0 Å². The highest BCUT2D eigenvalue weighted by Crippen LogP contribution is 2.20. The lowest BCUT2D eigenvalue weighted by molar-refractivity contribution is 0.278. The van der Waals surface area contributed by atoms with E-state index < -0.39 is 10.2 Å². The Morgan fingerprint density at radius 1 is 1.33 bits per heavy atom. The fourth-order valence-corrected chi connectivity index (χ4v) is 4.30. The molecule has 0 spiro atoms. The minimum absolute atomic E-state index is 0.225. The van der Waals surface area contributed by atoms with E-state index >= 15 is 0 Å². The first-order valence-corrected chi connectivity index (χ1v) is 9.26. The highest BCUT2D eigenvalue weighted by atomic mass is 32.2. The first kappa shape index (κ1) is 16.5. The van der Waals surface area contributed by atoms with Crippen LogP contribution in [-0.4, -0.2) is 32.4 Å². The molecule has 1 aromatic rings. The summed E-state index contributed by atoms with van der Waals surface area (Å²) in [5.74, 6) is 0.676. The summed E-state index contributed by atoms with van der Waals surface area (Å²) in [7, 11) is -3.35. The van der Waals surface area contributed by atoms with Gasteiger partial charge in [0.2, 0.25) is 0 Å². The monoisotopic (exact) mass is 310 g/mol. The summed E-state index contributed by atoms with van der Waals surface area (Å²) >= 11 is 0. The van der Waals surface area contributed by atoms with Crippen molar-refractivity contribution >= 4 is 10.2 Å². The van der Waals surface area contributed by atoms with E-state index in [9.17, 15) is 8.42 Å². The van der Waals surface area contributed by atoms with Crippen LogP contribution in [0.2, 0.25) is 0 Å². The lowest BCUT2D eigenvalue weighted by Crippen LogP contribution is -2.46. The van der Waals surface area contributed by atoms with Gasteiger partial charge in [0, 0.05) is 19.6 Å². The summed E-state index contributed by atoms with van der Waals surface area (Å²) in [6.45, 7) is 5.95. The van der Waals surface area contributed by atoms with Gasteiger partial charge in [-0.25, -0.2) is 4.72 Å². The quantitative estimate of drug-likeness (QED) is 0.878. The minimum atomic E-state index is -3.35.